The van der Waals surface area contributed by atoms with E-state index in [1.54, 1.807) is 30.3 Å². The Morgan fingerprint density at radius 1 is 0.957 bits per heavy atom. The number of hydrogen-bond donors (Lipinski definition) is 0. The molecule has 0 N–H and O–H groups in total. The highest BCUT2D eigenvalue weighted by molar-refractivity contribution is 6.09. The second kappa shape index (κ2) is 8.69. The molecule has 0 spiro atoms. The van der Waals surface area contributed by atoms with Crippen molar-refractivity contribution in [3.8, 4) is 0 Å². The van der Waals surface area contributed by atoms with Crippen molar-refractivity contribution in [2.24, 2.45) is 0 Å². The first-order valence-electron chi connectivity index (χ1n) is 7.75. The van der Waals surface area contributed by atoms with E-state index in [-0.39, 0.29) is 11.8 Å². The largest absolute Gasteiger partial charge is 0.463 e. The third kappa shape index (κ3) is 5.22. The van der Waals surface area contributed by atoms with Crippen molar-refractivity contribution in [3.05, 3.63) is 77.4 Å². The lowest BCUT2D eigenvalue weighted by Crippen LogP contribution is -2.02. The number of esters is 1. The van der Waals surface area contributed by atoms with Gasteiger partial charge in [-0.1, -0.05) is 67.9 Å². The molecule has 0 amide bonds. The summed E-state index contributed by atoms with van der Waals surface area (Å²) < 4.78 is 5.04. The minimum Gasteiger partial charge on any atom is -0.463 e. The van der Waals surface area contributed by atoms with Gasteiger partial charge in [0.15, 0.2) is 5.78 Å². The maximum Gasteiger partial charge on any atom is 0.330 e. The number of rotatable bonds is 7. The Balaban J connectivity index is 1.97. The minimum atomic E-state index is -0.345. The van der Waals surface area contributed by atoms with Crippen LogP contribution in [0.15, 0.2) is 60.7 Å². The number of ether oxygens (including phenoxy) is 1. The van der Waals surface area contributed by atoms with E-state index in [4.69, 9.17) is 4.74 Å². The van der Waals surface area contributed by atoms with Crippen LogP contribution in [0.3, 0.4) is 0 Å². The molecule has 0 aliphatic rings. The molecule has 0 saturated heterocycles. The van der Waals surface area contributed by atoms with Gasteiger partial charge in [-0.25, -0.2) is 4.79 Å². The molecule has 0 bridgehead atoms. The molecule has 2 aromatic carbocycles. The van der Waals surface area contributed by atoms with Crippen LogP contribution in [0.1, 0.15) is 41.3 Å². The van der Waals surface area contributed by atoms with Gasteiger partial charge in [-0.05, 0) is 18.1 Å². The zero-order chi connectivity index (χ0) is 16.5. The summed E-state index contributed by atoms with van der Waals surface area (Å²) in [6, 6.07) is 16.3. The number of carbonyl (C=O) groups is 2. The molecule has 0 heterocycles. The molecular weight excluding hydrogens is 288 g/mol. The van der Waals surface area contributed by atoms with Crippen LogP contribution in [0.2, 0.25) is 0 Å². The van der Waals surface area contributed by atoms with E-state index in [9.17, 15) is 9.59 Å². The Hall–Kier alpha value is -2.68. The van der Waals surface area contributed by atoms with Crippen LogP contribution in [0.4, 0.5) is 0 Å². The predicted octanol–water partition coefficient (Wildman–Crippen LogP) is 4.27. The Kier molecular flexibility index (Phi) is 6.30. The van der Waals surface area contributed by atoms with Gasteiger partial charge >= 0.3 is 5.97 Å². The molecule has 0 fully saturated rings. The lowest BCUT2D eigenvalue weighted by molar-refractivity contribution is -0.137. The third-order valence-corrected chi connectivity index (χ3v) is 3.36. The first kappa shape index (κ1) is 16.7. The molecule has 0 aliphatic heterocycles. The van der Waals surface area contributed by atoms with E-state index in [1.807, 2.05) is 37.3 Å². The number of unbranched alkanes of at least 4 members (excludes halogenated alkanes) is 1. The average molecular weight is 308 g/mol. The average Bonchev–Trinajstić information content (AvgIpc) is 2.61. The first-order chi connectivity index (χ1) is 11.2. The van der Waals surface area contributed by atoms with Gasteiger partial charge in [0.2, 0.25) is 0 Å². The van der Waals surface area contributed by atoms with Crippen molar-refractivity contribution in [2.45, 2.75) is 19.8 Å². The molecule has 118 valence electrons. The van der Waals surface area contributed by atoms with Crippen molar-refractivity contribution in [1.29, 1.82) is 0 Å². The lowest BCUT2D eigenvalue weighted by Gasteiger charge is -2.02. The molecule has 0 unspecified atom stereocenters. The predicted molar refractivity (Wildman–Crippen MR) is 91.2 cm³/mol. The summed E-state index contributed by atoms with van der Waals surface area (Å²) in [5.74, 6) is -0.358. The minimum absolute atomic E-state index is 0.0138. The van der Waals surface area contributed by atoms with Crippen LogP contribution in [-0.2, 0) is 9.53 Å². The van der Waals surface area contributed by atoms with E-state index in [2.05, 4.69) is 0 Å². The van der Waals surface area contributed by atoms with E-state index in [0.717, 1.165) is 18.4 Å². The number of carbonyl (C=O) groups excluding carboxylic acids is 2. The van der Waals surface area contributed by atoms with Gasteiger partial charge in [0.05, 0.1) is 6.61 Å². The molecule has 0 aliphatic carbocycles. The van der Waals surface area contributed by atoms with Gasteiger partial charge in [0.1, 0.15) is 0 Å². The Morgan fingerprint density at radius 3 is 2.26 bits per heavy atom. The summed E-state index contributed by atoms with van der Waals surface area (Å²) in [6.07, 6.45) is 4.96. The molecule has 23 heavy (non-hydrogen) atoms. The van der Waals surface area contributed by atoms with Gasteiger partial charge in [-0.2, -0.15) is 0 Å². The number of benzene rings is 2. The molecule has 3 nitrogen and oxygen atoms in total. The highest BCUT2D eigenvalue weighted by Gasteiger charge is 2.07. The molecule has 3 heteroatoms. The Morgan fingerprint density at radius 2 is 1.61 bits per heavy atom. The molecule has 2 rings (SSSR count). The highest BCUT2D eigenvalue weighted by atomic mass is 16.5. The van der Waals surface area contributed by atoms with Crippen LogP contribution in [-0.4, -0.2) is 18.4 Å². The number of ketones is 1. The summed E-state index contributed by atoms with van der Waals surface area (Å²) in [6.45, 7) is 2.49. The Labute approximate surface area is 136 Å². The van der Waals surface area contributed by atoms with E-state index < -0.39 is 0 Å². The van der Waals surface area contributed by atoms with Crippen molar-refractivity contribution >= 4 is 17.8 Å². The molecule has 2 aromatic rings. The van der Waals surface area contributed by atoms with Crippen LogP contribution in [0.5, 0.6) is 0 Å². The van der Waals surface area contributed by atoms with Crippen LogP contribution >= 0.6 is 0 Å². The summed E-state index contributed by atoms with van der Waals surface area (Å²) in [5.41, 5.74) is 2.14. The first-order valence-corrected chi connectivity index (χ1v) is 7.75. The fraction of sp³-hybridized carbons (Fsp3) is 0.200. The van der Waals surface area contributed by atoms with Crippen molar-refractivity contribution in [3.63, 3.8) is 0 Å². The monoisotopic (exact) mass is 308 g/mol. The molecule has 0 atom stereocenters. The molecule has 0 radical (unpaired) electrons. The van der Waals surface area contributed by atoms with Gasteiger partial charge in [-0.15, -0.1) is 0 Å². The molecule has 0 aromatic heterocycles. The van der Waals surface area contributed by atoms with E-state index >= 15 is 0 Å². The second-order valence-electron chi connectivity index (χ2n) is 5.17. The summed E-state index contributed by atoms with van der Waals surface area (Å²) in [4.78, 5) is 23.8. The SMILES string of the molecule is CCCCOC(=O)C=Cc1ccc(C(=O)c2ccccc2)cc1. The van der Waals surface area contributed by atoms with Crippen LogP contribution in [0.25, 0.3) is 6.08 Å². The fourth-order valence-corrected chi connectivity index (χ4v) is 2.03. The maximum absolute atomic E-state index is 12.3. The van der Waals surface area contributed by atoms with Gasteiger partial charge in [-0.3, -0.25) is 4.79 Å². The lowest BCUT2D eigenvalue weighted by atomic mass is 10.0. The molecule has 0 saturated carbocycles. The van der Waals surface area contributed by atoms with Gasteiger partial charge in [0, 0.05) is 17.2 Å². The van der Waals surface area contributed by atoms with E-state index in [1.165, 1.54) is 6.08 Å². The van der Waals surface area contributed by atoms with Crippen molar-refractivity contribution < 1.29 is 14.3 Å². The summed E-state index contributed by atoms with van der Waals surface area (Å²) >= 11 is 0. The second-order valence-corrected chi connectivity index (χ2v) is 5.17. The highest BCUT2D eigenvalue weighted by Crippen LogP contribution is 2.12. The smallest absolute Gasteiger partial charge is 0.330 e. The Bertz CT molecular complexity index is 670. The normalized spacial score (nSPS) is 10.7. The molecular formula is C20H20O3. The fourth-order valence-electron chi connectivity index (χ4n) is 2.03. The van der Waals surface area contributed by atoms with Gasteiger partial charge < -0.3 is 4.74 Å². The van der Waals surface area contributed by atoms with Crippen molar-refractivity contribution in [1.82, 2.24) is 0 Å². The van der Waals surface area contributed by atoms with Gasteiger partial charge in [0.25, 0.3) is 0 Å². The zero-order valence-electron chi connectivity index (χ0n) is 13.2. The maximum atomic E-state index is 12.3. The third-order valence-electron chi connectivity index (χ3n) is 3.36. The summed E-state index contributed by atoms with van der Waals surface area (Å²) in [5, 5.41) is 0. The number of hydrogen-bond acceptors (Lipinski definition) is 3. The zero-order valence-corrected chi connectivity index (χ0v) is 13.2. The summed E-state index contributed by atoms with van der Waals surface area (Å²) in [7, 11) is 0. The quantitative estimate of drug-likeness (QED) is 0.332. The standard InChI is InChI=1S/C20H20O3/c1-2-3-15-23-19(21)14-11-16-9-12-18(13-10-16)20(22)17-7-5-4-6-8-17/h4-14H,2-3,15H2,1H3. The van der Waals surface area contributed by atoms with E-state index in [0.29, 0.717) is 17.7 Å². The van der Waals surface area contributed by atoms with Crippen LogP contribution < -0.4 is 0 Å². The topological polar surface area (TPSA) is 43.4 Å². The van der Waals surface area contributed by atoms with Crippen LogP contribution in [0, 0.1) is 0 Å². The van der Waals surface area contributed by atoms with Crippen molar-refractivity contribution in [2.75, 3.05) is 6.61 Å².